The van der Waals surface area contributed by atoms with Gasteiger partial charge in [0.25, 0.3) is 0 Å². The van der Waals surface area contributed by atoms with Crippen molar-refractivity contribution in [1.29, 1.82) is 0 Å². The van der Waals surface area contributed by atoms with Gasteiger partial charge in [-0.1, -0.05) is 74.5 Å². The number of hydrogen-bond donors (Lipinski definition) is 1. The number of piperidine rings is 1. The van der Waals surface area contributed by atoms with Gasteiger partial charge in [0, 0.05) is 30.3 Å². The molecule has 1 N–H and O–H groups in total. The van der Waals surface area contributed by atoms with Crippen LogP contribution in [0.3, 0.4) is 0 Å². The number of amides is 2. The lowest BCUT2D eigenvalue weighted by Crippen LogP contribution is -2.43. The summed E-state index contributed by atoms with van der Waals surface area (Å²) in [5.74, 6) is 0.687. The second-order valence-corrected chi connectivity index (χ2v) is 10.4. The van der Waals surface area contributed by atoms with Crippen LogP contribution in [0.15, 0.2) is 72.1 Å². The molecule has 178 valence electrons. The SMILES string of the molecule is CC(C)c1ccc(C(NC(=O)C2CCN(C(=O)CCc3ccccc3)CC2)c2cccs2)cc1. The molecule has 1 aromatic heterocycles. The van der Waals surface area contributed by atoms with E-state index in [1.807, 2.05) is 29.2 Å². The Balaban J connectivity index is 1.33. The normalized spacial score (nSPS) is 15.3. The van der Waals surface area contributed by atoms with Crippen LogP contribution in [0.2, 0.25) is 0 Å². The number of thiophene rings is 1. The molecule has 1 saturated heterocycles. The molecule has 3 aromatic rings. The van der Waals surface area contributed by atoms with Crippen LogP contribution in [0.5, 0.6) is 0 Å². The first-order valence-corrected chi connectivity index (χ1v) is 13.1. The minimum absolute atomic E-state index is 0.0597. The molecule has 1 aliphatic heterocycles. The maximum absolute atomic E-state index is 13.2. The van der Waals surface area contributed by atoms with Gasteiger partial charge in [-0.05, 0) is 53.3 Å². The van der Waals surface area contributed by atoms with Gasteiger partial charge in [0.15, 0.2) is 0 Å². The highest BCUT2D eigenvalue weighted by Gasteiger charge is 2.29. The zero-order valence-electron chi connectivity index (χ0n) is 20.1. The van der Waals surface area contributed by atoms with Gasteiger partial charge in [-0.25, -0.2) is 0 Å². The largest absolute Gasteiger partial charge is 0.344 e. The maximum Gasteiger partial charge on any atom is 0.224 e. The summed E-state index contributed by atoms with van der Waals surface area (Å²) >= 11 is 1.67. The van der Waals surface area contributed by atoms with Gasteiger partial charge in [-0.3, -0.25) is 9.59 Å². The average Bonchev–Trinajstić information content (AvgIpc) is 3.41. The average molecular weight is 475 g/mol. The lowest BCUT2D eigenvalue weighted by molar-refractivity contribution is -0.135. The molecule has 0 radical (unpaired) electrons. The lowest BCUT2D eigenvalue weighted by Gasteiger charge is -2.32. The second-order valence-electron chi connectivity index (χ2n) is 9.42. The Morgan fingerprint density at radius 1 is 0.941 bits per heavy atom. The van der Waals surface area contributed by atoms with Crippen molar-refractivity contribution in [3.8, 4) is 0 Å². The van der Waals surface area contributed by atoms with Gasteiger partial charge >= 0.3 is 0 Å². The topological polar surface area (TPSA) is 49.4 Å². The van der Waals surface area contributed by atoms with E-state index >= 15 is 0 Å². The highest BCUT2D eigenvalue weighted by molar-refractivity contribution is 7.10. The van der Waals surface area contributed by atoms with Crippen molar-refractivity contribution in [3.05, 3.63) is 93.7 Å². The van der Waals surface area contributed by atoms with E-state index < -0.39 is 0 Å². The predicted octanol–water partition coefficient (Wildman–Crippen LogP) is 5.95. The van der Waals surface area contributed by atoms with Crippen LogP contribution in [0, 0.1) is 5.92 Å². The summed E-state index contributed by atoms with van der Waals surface area (Å²) < 4.78 is 0. The van der Waals surface area contributed by atoms with E-state index in [-0.39, 0.29) is 23.8 Å². The maximum atomic E-state index is 13.2. The first kappa shape index (κ1) is 24.2. The Morgan fingerprint density at radius 3 is 2.24 bits per heavy atom. The summed E-state index contributed by atoms with van der Waals surface area (Å²) in [6.45, 7) is 5.68. The highest BCUT2D eigenvalue weighted by Crippen LogP contribution is 2.29. The summed E-state index contributed by atoms with van der Waals surface area (Å²) in [6, 6.07) is 22.7. The fourth-order valence-electron chi connectivity index (χ4n) is 4.55. The van der Waals surface area contributed by atoms with Crippen molar-refractivity contribution >= 4 is 23.2 Å². The molecule has 4 rings (SSSR count). The predicted molar refractivity (Wildman–Crippen MR) is 139 cm³/mol. The molecule has 5 heteroatoms. The minimum Gasteiger partial charge on any atom is -0.344 e. The summed E-state index contributed by atoms with van der Waals surface area (Å²) in [5.41, 5.74) is 3.59. The van der Waals surface area contributed by atoms with Crippen LogP contribution in [-0.4, -0.2) is 29.8 Å². The number of aryl methyl sites for hydroxylation is 1. The summed E-state index contributed by atoms with van der Waals surface area (Å²) in [7, 11) is 0. The molecule has 1 atom stereocenters. The third-order valence-corrected chi connectivity index (χ3v) is 7.68. The number of nitrogens with zero attached hydrogens (tertiary/aromatic N) is 1. The number of hydrogen-bond acceptors (Lipinski definition) is 3. The molecular weight excluding hydrogens is 440 g/mol. The molecule has 0 saturated carbocycles. The van der Waals surface area contributed by atoms with E-state index in [2.05, 4.69) is 67.0 Å². The first-order valence-electron chi connectivity index (χ1n) is 12.3. The van der Waals surface area contributed by atoms with Crippen LogP contribution >= 0.6 is 11.3 Å². The van der Waals surface area contributed by atoms with E-state index in [1.165, 1.54) is 11.1 Å². The molecule has 1 fully saturated rings. The van der Waals surface area contributed by atoms with Crippen molar-refractivity contribution in [3.63, 3.8) is 0 Å². The highest BCUT2D eigenvalue weighted by atomic mass is 32.1. The fourth-order valence-corrected chi connectivity index (χ4v) is 5.36. The van der Waals surface area contributed by atoms with Crippen LogP contribution in [0.1, 0.15) is 66.6 Å². The van der Waals surface area contributed by atoms with Gasteiger partial charge in [-0.15, -0.1) is 11.3 Å². The number of benzene rings is 2. The lowest BCUT2D eigenvalue weighted by atomic mass is 9.94. The molecule has 1 unspecified atom stereocenters. The van der Waals surface area contributed by atoms with Crippen molar-refractivity contribution in [2.45, 2.75) is 51.5 Å². The Labute approximate surface area is 207 Å². The van der Waals surface area contributed by atoms with E-state index in [0.29, 0.717) is 38.3 Å². The standard InChI is InChI=1S/C29H34N2O2S/c1-21(2)23-11-13-24(14-12-23)28(26-9-6-20-34-26)30-29(33)25-16-18-31(19-17-25)27(32)15-10-22-7-4-3-5-8-22/h3-9,11-14,20-21,25,28H,10,15-19H2,1-2H3,(H,30,33). The van der Waals surface area contributed by atoms with E-state index in [9.17, 15) is 9.59 Å². The number of carbonyl (C=O) groups is 2. The molecule has 2 aromatic carbocycles. The van der Waals surface area contributed by atoms with Crippen molar-refractivity contribution in [2.24, 2.45) is 5.92 Å². The Hall–Kier alpha value is -2.92. The number of carbonyl (C=O) groups excluding carboxylic acids is 2. The second kappa shape index (κ2) is 11.5. The Bertz CT molecular complexity index is 1050. The minimum atomic E-state index is -0.140. The van der Waals surface area contributed by atoms with Crippen LogP contribution in [0.4, 0.5) is 0 Å². The van der Waals surface area contributed by atoms with Crippen molar-refractivity contribution in [1.82, 2.24) is 10.2 Å². The third-order valence-electron chi connectivity index (χ3n) is 6.74. The molecule has 2 amide bonds. The number of likely N-dealkylation sites (tertiary alicyclic amines) is 1. The fraction of sp³-hybridized carbons (Fsp3) is 0.379. The molecule has 2 heterocycles. The van der Waals surface area contributed by atoms with Crippen LogP contribution in [0.25, 0.3) is 0 Å². The van der Waals surface area contributed by atoms with Gasteiger partial charge in [0.05, 0.1) is 6.04 Å². The monoisotopic (exact) mass is 474 g/mol. The first-order chi connectivity index (χ1) is 16.5. The van der Waals surface area contributed by atoms with E-state index in [0.717, 1.165) is 16.9 Å². The number of rotatable bonds is 8. The van der Waals surface area contributed by atoms with E-state index in [4.69, 9.17) is 0 Å². The quantitative estimate of drug-likeness (QED) is 0.439. The molecule has 0 bridgehead atoms. The molecular formula is C29H34N2O2S. The molecule has 1 aliphatic rings. The van der Waals surface area contributed by atoms with Crippen molar-refractivity contribution < 1.29 is 9.59 Å². The van der Waals surface area contributed by atoms with Crippen molar-refractivity contribution in [2.75, 3.05) is 13.1 Å². The van der Waals surface area contributed by atoms with E-state index in [1.54, 1.807) is 11.3 Å². The van der Waals surface area contributed by atoms with Crippen LogP contribution < -0.4 is 5.32 Å². The van der Waals surface area contributed by atoms with Gasteiger partial charge in [0.2, 0.25) is 11.8 Å². The smallest absolute Gasteiger partial charge is 0.224 e. The summed E-state index contributed by atoms with van der Waals surface area (Å²) in [6.07, 6.45) is 2.71. The zero-order valence-corrected chi connectivity index (χ0v) is 20.9. The third kappa shape index (κ3) is 6.15. The molecule has 0 aliphatic carbocycles. The van der Waals surface area contributed by atoms with Crippen LogP contribution in [-0.2, 0) is 16.0 Å². The van der Waals surface area contributed by atoms with Gasteiger partial charge < -0.3 is 10.2 Å². The van der Waals surface area contributed by atoms with Gasteiger partial charge in [-0.2, -0.15) is 0 Å². The summed E-state index contributed by atoms with van der Waals surface area (Å²) in [4.78, 5) is 29.0. The number of nitrogens with one attached hydrogen (secondary N) is 1. The Morgan fingerprint density at radius 2 is 1.62 bits per heavy atom. The Kier molecular flexibility index (Phi) is 8.17. The summed E-state index contributed by atoms with van der Waals surface area (Å²) in [5, 5.41) is 5.36. The molecule has 34 heavy (non-hydrogen) atoms. The van der Waals surface area contributed by atoms with Gasteiger partial charge in [0.1, 0.15) is 0 Å². The molecule has 4 nitrogen and oxygen atoms in total. The molecule has 0 spiro atoms. The zero-order chi connectivity index (χ0) is 23.9.